The molecule has 20 heavy (non-hydrogen) atoms. The highest BCUT2D eigenvalue weighted by Crippen LogP contribution is 2.29. The van der Waals surface area contributed by atoms with Gasteiger partial charge in [-0.3, -0.25) is 0 Å². The van der Waals surface area contributed by atoms with Crippen molar-refractivity contribution in [2.45, 2.75) is 26.4 Å². The molecule has 0 aliphatic rings. The van der Waals surface area contributed by atoms with E-state index in [-0.39, 0.29) is 18.1 Å². The molecule has 1 N–H and O–H groups in total. The van der Waals surface area contributed by atoms with Crippen LogP contribution in [0.5, 0.6) is 11.5 Å². The van der Waals surface area contributed by atoms with Gasteiger partial charge in [0.15, 0.2) is 9.84 Å². The monoisotopic (exact) mass is 302 g/mol. The average molecular weight is 302 g/mol. The Morgan fingerprint density at radius 2 is 2.00 bits per heavy atom. The van der Waals surface area contributed by atoms with E-state index in [2.05, 4.69) is 0 Å². The Balaban J connectivity index is 2.76. The summed E-state index contributed by atoms with van der Waals surface area (Å²) in [6, 6.07) is 5.08. The first kappa shape index (κ1) is 16.8. The van der Waals surface area contributed by atoms with Crippen LogP contribution in [0.2, 0.25) is 0 Å². The van der Waals surface area contributed by atoms with Gasteiger partial charge in [-0.25, -0.2) is 8.42 Å². The maximum Gasteiger partial charge on any atom is 0.153 e. The maximum atomic E-state index is 11.6. The second-order valence-electron chi connectivity index (χ2n) is 4.58. The van der Waals surface area contributed by atoms with Crippen LogP contribution in [0.1, 0.15) is 31.9 Å². The van der Waals surface area contributed by atoms with Crippen LogP contribution in [0.25, 0.3) is 0 Å². The van der Waals surface area contributed by atoms with Gasteiger partial charge < -0.3 is 14.6 Å². The summed E-state index contributed by atoms with van der Waals surface area (Å²) in [5, 5.41) is 9.67. The van der Waals surface area contributed by atoms with Gasteiger partial charge >= 0.3 is 0 Å². The molecule has 0 aliphatic carbocycles. The Hall–Kier alpha value is -1.27. The Bertz CT molecular complexity index is 522. The Labute approximate surface area is 120 Å². The number of benzene rings is 1. The molecule has 114 valence electrons. The molecular formula is C14H22O5S. The van der Waals surface area contributed by atoms with E-state index in [9.17, 15) is 13.5 Å². The van der Waals surface area contributed by atoms with Crippen molar-refractivity contribution < 1.29 is 23.0 Å². The fraction of sp³-hybridized carbons (Fsp3) is 0.571. The van der Waals surface area contributed by atoms with Gasteiger partial charge in [-0.05, 0) is 25.5 Å². The van der Waals surface area contributed by atoms with Crippen LogP contribution in [-0.2, 0) is 9.84 Å². The first-order valence-electron chi connectivity index (χ1n) is 6.59. The van der Waals surface area contributed by atoms with Crippen molar-refractivity contribution in [1.82, 2.24) is 0 Å². The molecule has 0 saturated carbocycles. The molecule has 0 heterocycles. The SMILES string of the molecule is CCCS(=O)(=O)CCOc1cc(OC)ccc1C(C)O. The third-order valence-electron chi connectivity index (χ3n) is 2.84. The van der Waals surface area contributed by atoms with Gasteiger partial charge in [-0.15, -0.1) is 0 Å². The van der Waals surface area contributed by atoms with Crippen molar-refractivity contribution in [2.24, 2.45) is 0 Å². The normalized spacial score (nSPS) is 13.0. The van der Waals surface area contributed by atoms with Crippen LogP contribution in [-0.4, -0.2) is 38.7 Å². The average Bonchev–Trinajstić information content (AvgIpc) is 2.37. The molecule has 0 radical (unpaired) electrons. The molecule has 0 bridgehead atoms. The molecule has 1 rings (SSSR count). The molecule has 1 atom stereocenters. The largest absolute Gasteiger partial charge is 0.497 e. The van der Waals surface area contributed by atoms with E-state index in [0.717, 1.165) is 0 Å². The maximum absolute atomic E-state index is 11.6. The van der Waals surface area contributed by atoms with Crippen LogP contribution in [0.15, 0.2) is 18.2 Å². The molecule has 5 nitrogen and oxygen atoms in total. The van der Waals surface area contributed by atoms with Gasteiger partial charge in [0.1, 0.15) is 18.1 Å². The number of methoxy groups -OCH3 is 1. The summed E-state index contributed by atoms with van der Waals surface area (Å²) < 4.78 is 33.8. The Morgan fingerprint density at radius 3 is 2.55 bits per heavy atom. The standard InChI is InChI=1S/C14H22O5S/c1-4-8-20(16,17)9-7-19-14-10-12(18-3)5-6-13(14)11(2)15/h5-6,10-11,15H,4,7-9H2,1-3H3. The first-order valence-corrected chi connectivity index (χ1v) is 8.41. The highest BCUT2D eigenvalue weighted by molar-refractivity contribution is 7.91. The lowest BCUT2D eigenvalue weighted by Crippen LogP contribution is -2.17. The number of aliphatic hydroxyl groups excluding tert-OH is 1. The van der Waals surface area contributed by atoms with E-state index in [1.165, 1.54) is 7.11 Å². The van der Waals surface area contributed by atoms with Crippen LogP contribution >= 0.6 is 0 Å². The third-order valence-corrected chi connectivity index (χ3v) is 4.66. The minimum atomic E-state index is -3.07. The predicted molar refractivity (Wildman–Crippen MR) is 78.1 cm³/mol. The minimum absolute atomic E-state index is 0.0305. The van der Waals surface area contributed by atoms with Gasteiger partial charge in [0.2, 0.25) is 0 Å². The molecule has 1 aromatic carbocycles. The van der Waals surface area contributed by atoms with E-state index < -0.39 is 15.9 Å². The minimum Gasteiger partial charge on any atom is -0.497 e. The number of rotatable bonds is 8. The zero-order valence-corrected chi connectivity index (χ0v) is 12.9. The molecule has 0 saturated heterocycles. The zero-order valence-electron chi connectivity index (χ0n) is 12.1. The molecule has 1 unspecified atom stereocenters. The summed E-state index contributed by atoms with van der Waals surface area (Å²) in [6.07, 6.45) is -0.0939. The third kappa shape index (κ3) is 5.02. The number of aliphatic hydroxyl groups is 1. The predicted octanol–water partition coefficient (Wildman–Crippen LogP) is 1.95. The lowest BCUT2D eigenvalue weighted by Gasteiger charge is -2.14. The molecule has 0 aromatic heterocycles. The first-order chi connectivity index (χ1) is 9.39. The van der Waals surface area contributed by atoms with Crippen LogP contribution < -0.4 is 9.47 Å². The van der Waals surface area contributed by atoms with Crippen LogP contribution in [0.4, 0.5) is 0 Å². The quantitative estimate of drug-likeness (QED) is 0.794. The van der Waals surface area contributed by atoms with E-state index in [1.54, 1.807) is 25.1 Å². The van der Waals surface area contributed by atoms with Gasteiger partial charge in [0.05, 0.1) is 24.7 Å². The van der Waals surface area contributed by atoms with Crippen LogP contribution in [0, 0.1) is 0 Å². The van der Waals surface area contributed by atoms with Gasteiger partial charge in [0.25, 0.3) is 0 Å². The molecule has 0 amide bonds. The fourth-order valence-electron chi connectivity index (χ4n) is 1.80. The van der Waals surface area contributed by atoms with Gasteiger partial charge in [-0.2, -0.15) is 0 Å². The highest BCUT2D eigenvalue weighted by atomic mass is 32.2. The summed E-state index contributed by atoms with van der Waals surface area (Å²) in [4.78, 5) is 0. The lowest BCUT2D eigenvalue weighted by molar-refractivity contribution is 0.192. The lowest BCUT2D eigenvalue weighted by atomic mass is 10.1. The van der Waals surface area contributed by atoms with Gasteiger partial charge in [-0.1, -0.05) is 6.92 Å². The second-order valence-corrected chi connectivity index (χ2v) is 6.88. The Kier molecular flexibility index (Phi) is 6.29. The van der Waals surface area contributed by atoms with E-state index >= 15 is 0 Å². The molecular weight excluding hydrogens is 280 g/mol. The number of hydrogen-bond acceptors (Lipinski definition) is 5. The van der Waals surface area contributed by atoms with E-state index in [4.69, 9.17) is 9.47 Å². The summed E-state index contributed by atoms with van der Waals surface area (Å²) in [6.45, 7) is 3.52. The summed E-state index contributed by atoms with van der Waals surface area (Å²) >= 11 is 0. The molecule has 0 fully saturated rings. The highest BCUT2D eigenvalue weighted by Gasteiger charge is 2.13. The fourth-order valence-corrected chi connectivity index (χ4v) is 2.97. The van der Waals surface area contributed by atoms with Crippen molar-refractivity contribution in [3.63, 3.8) is 0 Å². The van der Waals surface area contributed by atoms with Crippen molar-refractivity contribution in [2.75, 3.05) is 25.2 Å². The summed E-state index contributed by atoms with van der Waals surface area (Å²) in [5.74, 6) is 1.18. The molecule has 0 aliphatic heterocycles. The second kappa shape index (κ2) is 7.50. The number of sulfone groups is 1. The van der Waals surface area contributed by atoms with Crippen molar-refractivity contribution >= 4 is 9.84 Å². The molecule has 0 spiro atoms. The Morgan fingerprint density at radius 1 is 1.30 bits per heavy atom. The van der Waals surface area contributed by atoms with Crippen molar-refractivity contribution in [3.05, 3.63) is 23.8 Å². The van der Waals surface area contributed by atoms with Crippen LogP contribution in [0.3, 0.4) is 0 Å². The number of ether oxygens (including phenoxy) is 2. The zero-order chi connectivity index (χ0) is 15.2. The molecule has 1 aromatic rings. The summed E-state index contributed by atoms with van der Waals surface area (Å²) in [7, 11) is -1.53. The number of hydrogen-bond donors (Lipinski definition) is 1. The smallest absolute Gasteiger partial charge is 0.153 e. The molecule has 6 heteroatoms. The van der Waals surface area contributed by atoms with Gasteiger partial charge in [0, 0.05) is 11.6 Å². The van der Waals surface area contributed by atoms with E-state index in [0.29, 0.717) is 23.5 Å². The van der Waals surface area contributed by atoms with E-state index in [1.807, 2.05) is 6.92 Å². The van der Waals surface area contributed by atoms with Crippen molar-refractivity contribution in [1.29, 1.82) is 0 Å². The topological polar surface area (TPSA) is 72.8 Å². The summed E-state index contributed by atoms with van der Waals surface area (Å²) in [5.41, 5.74) is 0.610. The van der Waals surface area contributed by atoms with Crippen molar-refractivity contribution in [3.8, 4) is 11.5 Å².